The minimum atomic E-state index is 0.380. The highest BCUT2D eigenvalue weighted by Gasteiger charge is 2.46. The van der Waals surface area contributed by atoms with Crippen molar-refractivity contribution in [1.29, 1.82) is 0 Å². The second kappa shape index (κ2) is 3.50. The van der Waals surface area contributed by atoms with Crippen molar-refractivity contribution in [2.75, 3.05) is 0 Å². The predicted molar refractivity (Wildman–Crippen MR) is 63.0 cm³/mol. The van der Waals surface area contributed by atoms with Crippen molar-refractivity contribution in [3.8, 4) is 0 Å². The predicted octanol–water partition coefficient (Wildman–Crippen LogP) is 3.18. The molecule has 80 valence electrons. The summed E-state index contributed by atoms with van der Waals surface area (Å²) in [6.07, 6.45) is 4.05. The normalized spacial score (nSPS) is 38.5. The third kappa shape index (κ3) is 1.49. The molecule has 0 amide bonds. The van der Waals surface area contributed by atoms with E-state index in [4.69, 9.17) is 17.3 Å². The Morgan fingerprint density at radius 1 is 1.07 bits per heavy atom. The lowest BCUT2D eigenvalue weighted by Gasteiger charge is -2.28. The highest BCUT2D eigenvalue weighted by Crippen LogP contribution is 2.52. The van der Waals surface area contributed by atoms with E-state index in [0.717, 1.165) is 16.9 Å². The van der Waals surface area contributed by atoms with Gasteiger partial charge in [-0.05, 0) is 48.8 Å². The highest BCUT2D eigenvalue weighted by atomic mass is 35.5. The maximum atomic E-state index is 6.30. The highest BCUT2D eigenvalue weighted by molar-refractivity contribution is 6.30. The van der Waals surface area contributed by atoms with Crippen LogP contribution in [0.1, 0.15) is 30.7 Å². The van der Waals surface area contributed by atoms with Gasteiger partial charge < -0.3 is 5.73 Å². The second-order valence-electron chi connectivity index (χ2n) is 4.99. The van der Waals surface area contributed by atoms with Crippen LogP contribution < -0.4 is 5.73 Å². The van der Waals surface area contributed by atoms with Gasteiger partial charge in [0.15, 0.2) is 0 Å². The van der Waals surface area contributed by atoms with E-state index in [2.05, 4.69) is 12.1 Å². The lowest BCUT2D eigenvalue weighted by molar-refractivity contribution is 0.366. The Kier molecular flexibility index (Phi) is 2.26. The van der Waals surface area contributed by atoms with Crippen molar-refractivity contribution >= 4 is 11.6 Å². The monoisotopic (exact) mass is 221 g/mol. The van der Waals surface area contributed by atoms with Crippen molar-refractivity contribution in [2.24, 2.45) is 17.6 Å². The van der Waals surface area contributed by atoms with Gasteiger partial charge in [0.05, 0.1) is 0 Å². The summed E-state index contributed by atoms with van der Waals surface area (Å²) < 4.78 is 0. The summed E-state index contributed by atoms with van der Waals surface area (Å²) in [6.45, 7) is 0. The van der Waals surface area contributed by atoms with E-state index in [1.807, 2.05) is 12.1 Å². The van der Waals surface area contributed by atoms with Crippen molar-refractivity contribution in [1.82, 2.24) is 0 Å². The van der Waals surface area contributed by atoms with Gasteiger partial charge >= 0.3 is 0 Å². The zero-order chi connectivity index (χ0) is 10.4. The zero-order valence-electron chi connectivity index (χ0n) is 8.70. The van der Waals surface area contributed by atoms with Gasteiger partial charge in [-0.1, -0.05) is 23.7 Å². The van der Waals surface area contributed by atoms with Gasteiger partial charge in [-0.25, -0.2) is 0 Å². The standard InChI is InChI=1S/C13H16ClN/c14-11-5-3-8(4-6-11)12-9-1-2-10(7-9)13(12)15/h3-6,9-10,12-13H,1-2,7,15H2. The van der Waals surface area contributed by atoms with Gasteiger partial charge in [-0.15, -0.1) is 0 Å². The van der Waals surface area contributed by atoms with Crippen LogP contribution in [0.15, 0.2) is 24.3 Å². The quantitative estimate of drug-likeness (QED) is 0.775. The van der Waals surface area contributed by atoms with E-state index in [1.54, 1.807) is 0 Å². The van der Waals surface area contributed by atoms with Crippen LogP contribution in [0.2, 0.25) is 5.02 Å². The molecule has 2 aliphatic rings. The molecule has 1 nitrogen and oxygen atoms in total. The minimum Gasteiger partial charge on any atom is -0.327 e. The molecule has 2 N–H and O–H groups in total. The molecule has 0 radical (unpaired) electrons. The van der Waals surface area contributed by atoms with Crippen molar-refractivity contribution < 1.29 is 0 Å². The van der Waals surface area contributed by atoms with E-state index >= 15 is 0 Å². The Morgan fingerprint density at radius 2 is 1.73 bits per heavy atom. The fourth-order valence-electron chi connectivity index (χ4n) is 3.52. The smallest absolute Gasteiger partial charge is 0.0406 e. The van der Waals surface area contributed by atoms with Crippen molar-refractivity contribution in [3.63, 3.8) is 0 Å². The SMILES string of the molecule is NC1C2CCC(C2)C1c1ccc(Cl)cc1. The molecular formula is C13H16ClN. The van der Waals surface area contributed by atoms with Crippen LogP contribution in [-0.2, 0) is 0 Å². The molecule has 1 aromatic rings. The van der Waals surface area contributed by atoms with Crippen LogP contribution in [0.25, 0.3) is 0 Å². The van der Waals surface area contributed by atoms with Crippen LogP contribution in [0, 0.1) is 11.8 Å². The van der Waals surface area contributed by atoms with E-state index in [0.29, 0.717) is 12.0 Å². The van der Waals surface area contributed by atoms with Gasteiger partial charge in [-0.3, -0.25) is 0 Å². The molecule has 15 heavy (non-hydrogen) atoms. The van der Waals surface area contributed by atoms with E-state index in [9.17, 15) is 0 Å². The molecule has 0 heterocycles. The third-order valence-corrected chi connectivity index (χ3v) is 4.49. The molecule has 4 unspecified atom stereocenters. The number of fused-ring (bicyclic) bond motifs is 2. The molecule has 0 spiro atoms. The molecule has 2 bridgehead atoms. The van der Waals surface area contributed by atoms with Crippen LogP contribution in [0.5, 0.6) is 0 Å². The molecule has 0 aliphatic heterocycles. The summed E-state index contributed by atoms with van der Waals surface area (Å²) in [5.74, 6) is 2.18. The Labute approximate surface area is 95.6 Å². The summed E-state index contributed by atoms with van der Waals surface area (Å²) in [5, 5.41) is 0.815. The first kappa shape index (κ1) is 9.68. The largest absolute Gasteiger partial charge is 0.327 e. The Balaban J connectivity index is 1.91. The van der Waals surface area contributed by atoms with Gasteiger partial charge in [0.25, 0.3) is 0 Å². The number of halogens is 1. The Bertz CT molecular complexity index is 357. The maximum Gasteiger partial charge on any atom is 0.0406 e. The molecule has 1 aromatic carbocycles. The maximum absolute atomic E-state index is 6.30. The van der Waals surface area contributed by atoms with Crippen molar-refractivity contribution in [2.45, 2.75) is 31.2 Å². The average Bonchev–Trinajstić information content (AvgIpc) is 2.80. The zero-order valence-corrected chi connectivity index (χ0v) is 9.45. The Morgan fingerprint density at radius 3 is 2.33 bits per heavy atom. The first-order valence-corrected chi connectivity index (χ1v) is 6.14. The van der Waals surface area contributed by atoms with Crippen LogP contribution in [0.4, 0.5) is 0 Å². The molecule has 4 atom stereocenters. The third-order valence-electron chi connectivity index (χ3n) is 4.24. The first-order chi connectivity index (χ1) is 7.25. The van der Waals surface area contributed by atoms with Gasteiger partial charge in [0.1, 0.15) is 0 Å². The summed E-state index contributed by atoms with van der Waals surface area (Å²) in [7, 11) is 0. The van der Waals surface area contributed by atoms with E-state index in [-0.39, 0.29) is 0 Å². The summed E-state index contributed by atoms with van der Waals surface area (Å²) >= 11 is 5.90. The van der Waals surface area contributed by atoms with Gasteiger partial charge in [0.2, 0.25) is 0 Å². The fraction of sp³-hybridized carbons (Fsp3) is 0.538. The number of rotatable bonds is 1. The average molecular weight is 222 g/mol. The number of benzene rings is 1. The number of hydrogen-bond acceptors (Lipinski definition) is 1. The fourth-order valence-corrected chi connectivity index (χ4v) is 3.64. The summed E-state index contributed by atoms with van der Waals surface area (Å²) in [6, 6.07) is 8.64. The molecule has 2 aliphatic carbocycles. The van der Waals surface area contributed by atoms with Crippen LogP contribution in [-0.4, -0.2) is 6.04 Å². The summed E-state index contributed by atoms with van der Waals surface area (Å²) in [4.78, 5) is 0. The lowest BCUT2D eigenvalue weighted by Crippen LogP contribution is -2.33. The molecule has 2 fully saturated rings. The molecule has 0 saturated heterocycles. The van der Waals surface area contributed by atoms with Crippen LogP contribution in [0.3, 0.4) is 0 Å². The Hall–Kier alpha value is -0.530. The molecule has 2 heteroatoms. The second-order valence-corrected chi connectivity index (χ2v) is 5.42. The van der Waals surface area contributed by atoms with Crippen LogP contribution >= 0.6 is 11.6 Å². The van der Waals surface area contributed by atoms with E-state index in [1.165, 1.54) is 24.8 Å². The lowest BCUT2D eigenvalue weighted by atomic mass is 9.80. The van der Waals surface area contributed by atoms with Crippen molar-refractivity contribution in [3.05, 3.63) is 34.9 Å². The summed E-state index contributed by atoms with van der Waals surface area (Å²) in [5.41, 5.74) is 7.69. The molecule has 2 saturated carbocycles. The van der Waals surface area contributed by atoms with E-state index < -0.39 is 0 Å². The minimum absolute atomic E-state index is 0.380. The molecule has 3 rings (SSSR count). The first-order valence-electron chi connectivity index (χ1n) is 5.77. The van der Waals surface area contributed by atoms with Gasteiger partial charge in [0, 0.05) is 17.0 Å². The van der Waals surface area contributed by atoms with Gasteiger partial charge in [-0.2, -0.15) is 0 Å². The molecule has 0 aromatic heterocycles. The number of hydrogen-bond donors (Lipinski definition) is 1. The topological polar surface area (TPSA) is 26.0 Å². The molecular weight excluding hydrogens is 206 g/mol. The number of nitrogens with two attached hydrogens (primary N) is 1.